The number of hydrogen-bond acceptors (Lipinski definition) is 5. The maximum Gasteiger partial charge on any atom is 0.269 e. The van der Waals surface area contributed by atoms with Gasteiger partial charge in [0.1, 0.15) is 11.5 Å². The summed E-state index contributed by atoms with van der Waals surface area (Å²) in [6.45, 7) is 0.326. The van der Waals surface area contributed by atoms with Crippen LogP contribution in [0.5, 0.6) is 0 Å². The Kier molecular flexibility index (Phi) is 6.51. The zero-order valence-electron chi connectivity index (χ0n) is 14.7. The fourth-order valence-electron chi connectivity index (χ4n) is 2.71. The highest BCUT2D eigenvalue weighted by Gasteiger charge is 2.27. The number of rotatable bonds is 8. The average Bonchev–Trinajstić information content (AvgIpc) is 3.19. The number of amides is 1. The zero-order chi connectivity index (χ0) is 19.1. The van der Waals surface area contributed by atoms with E-state index < -0.39 is 5.82 Å². The first-order chi connectivity index (χ1) is 13.2. The predicted molar refractivity (Wildman–Crippen MR) is 97.3 cm³/mol. The van der Waals surface area contributed by atoms with E-state index in [1.807, 2.05) is 30.3 Å². The van der Waals surface area contributed by atoms with Crippen LogP contribution in [0.1, 0.15) is 29.2 Å². The van der Waals surface area contributed by atoms with E-state index in [2.05, 4.69) is 10.5 Å². The Morgan fingerprint density at radius 1 is 1.30 bits per heavy atom. The molecule has 1 heterocycles. The smallest absolute Gasteiger partial charge is 0.269 e. The number of benzene rings is 2. The van der Waals surface area contributed by atoms with Gasteiger partial charge in [0.25, 0.3) is 5.91 Å². The second-order valence-electron chi connectivity index (χ2n) is 6.13. The number of aliphatic hydroxyl groups is 1. The largest absolute Gasteiger partial charge is 0.394 e. The summed E-state index contributed by atoms with van der Waals surface area (Å²) in [5.74, 6) is -0.741. The molecule has 0 fully saturated rings. The van der Waals surface area contributed by atoms with E-state index in [1.54, 1.807) is 12.1 Å². The molecule has 2 aromatic carbocycles. The normalized spacial score (nSPS) is 15.9. The topological polar surface area (TPSA) is 80.2 Å². The lowest BCUT2D eigenvalue weighted by Crippen LogP contribution is -2.30. The highest BCUT2D eigenvalue weighted by atomic mass is 19.1. The molecule has 1 aliphatic heterocycles. The monoisotopic (exact) mass is 372 g/mol. The van der Waals surface area contributed by atoms with Gasteiger partial charge in [0.05, 0.1) is 19.8 Å². The van der Waals surface area contributed by atoms with Crippen LogP contribution in [0.4, 0.5) is 4.39 Å². The maximum absolute atomic E-state index is 14.0. The summed E-state index contributed by atoms with van der Waals surface area (Å²) in [5, 5.41) is 15.3. The Bertz CT molecular complexity index is 811. The summed E-state index contributed by atoms with van der Waals surface area (Å²) in [6.07, 6.45) is 0.133. The molecule has 27 heavy (non-hydrogen) atoms. The molecule has 3 rings (SSSR count). The SMILES string of the molecule is O=C(NCc1ccc(COCCO)c(F)c1)C1=NO[C@H](c2ccccc2)C1. The van der Waals surface area contributed by atoms with Crippen LogP contribution < -0.4 is 5.32 Å². The molecule has 0 saturated heterocycles. The molecule has 1 atom stereocenters. The number of oxime groups is 1. The van der Waals surface area contributed by atoms with Gasteiger partial charge in [0.15, 0.2) is 6.10 Å². The molecule has 0 aliphatic carbocycles. The molecule has 2 aromatic rings. The Morgan fingerprint density at radius 3 is 2.85 bits per heavy atom. The van der Waals surface area contributed by atoms with Gasteiger partial charge in [-0.15, -0.1) is 0 Å². The first-order valence-electron chi connectivity index (χ1n) is 8.69. The van der Waals surface area contributed by atoms with E-state index in [-0.39, 0.29) is 38.4 Å². The number of carbonyl (C=O) groups is 1. The summed E-state index contributed by atoms with van der Waals surface area (Å²) in [5.41, 5.74) is 2.31. The molecular weight excluding hydrogens is 351 g/mol. The second kappa shape index (κ2) is 9.25. The molecule has 0 radical (unpaired) electrons. The number of hydrogen-bond donors (Lipinski definition) is 2. The summed E-state index contributed by atoms with van der Waals surface area (Å²) < 4.78 is 19.2. The van der Waals surface area contributed by atoms with Crippen molar-refractivity contribution in [1.82, 2.24) is 5.32 Å². The molecule has 142 valence electrons. The molecule has 0 bridgehead atoms. The van der Waals surface area contributed by atoms with Crippen LogP contribution >= 0.6 is 0 Å². The molecule has 0 spiro atoms. The van der Waals surface area contributed by atoms with Crippen molar-refractivity contribution in [2.45, 2.75) is 25.7 Å². The van der Waals surface area contributed by atoms with E-state index in [9.17, 15) is 9.18 Å². The Hall–Kier alpha value is -2.77. The first kappa shape index (κ1) is 19.0. The average molecular weight is 372 g/mol. The van der Waals surface area contributed by atoms with Gasteiger partial charge < -0.3 is 20.0 Å². The molecular formula is C20H21FN2O4. The van der Waals surface area contributed by atoms with E-state index in [0.717, 1.165) is 5.56 Å². The van der Waals surface area contributed by atoms with Gasteiger partial charge in [-0.25, -0.2) is 4.39 Å². The summed E-state index contributed by atoms with van der Waals surface area (Å²) in [6, 6.07) is 14.3. The third-order valence-corrected chi connectivity index (χ3v) is 4.17. The van der Waals surface area contributed by atoms with Crippen molar-refractivity contribution in [2.24, 2.45) is 5.16 Å². The van der Waals surface area contributed by atoms with Gasteiger partial charge in [-0.1, -0.05) is 47.6 Å². The Morgan fingerprint density at radius 2 is 2.11 bits per heavy atom. The minimum absolute atomic E-state index is 0.0913. The van der Waals surface area contributed by atoms with Crippen LogP contribution in [0.3, 0.4) is 0 Å². The van der Waals surface area contributed by atoms with E-state index >= 15 is 0 Å². The highest BCUT2D eigenvalue weighted by Crippen LogP contribution is 2.26. The Balaban J connectivity index is 1.50. The number of nitrogens with zero attached hydrogens (tertiary/aromatic N) is 1. The van der Waals surface area contributed by atoms with Gasteiger partial charge >= 0.3 is 0 Å². The molecule has 7 heteroatoms. The van der Waals surface area contributed by atoms with Crippen LogP contribution in [0, 0.1) is 5.82 Å². The number of carbonyl (C=O) groups excluding carboxylic acids is 1. The van der Waals surface area contributed by atoms with Crippen LogP contribution in [0.25, 0.3) is 0 Å². The molecule has 2 N–H and O–H groups in total. The third kappa shape index (κ3) is 5.12. The van der Waals surface area contributed by atoms with Gasteiger partial charge in [-0.3, -0.25) is 4.79 Å². The molecule has 0 saturated carbocycles. The van der Waals surface area contributed by atoms with Crippen molar-refractivity contribution < 1.29 is 23.9 Å². The summed E-state index contributed by atoms with van der Waals surface area (Å²) >= 11 is 0. The lowest BCUT2D eigenvalue weighted by atomic mass is 10.0. The second-order valence-corrected chi connectivity index (χ2v) is 6.13. The van der Waals surface area contributed by atoms with Crippen molar-refractivity contribution in [2.75, 3.05) is 13.2 Å². The number of ether oxygens (including phenoxy) is 1. The highest BCUT2D eigenvalue weighted by molar-refractivity contribution is 6.39. The lowest BCUT2D eigenvalue weighted by molar-refractivity contribution is -0.115. The van der Waals surface area contributed by atoms with Gasteiger partial charge in [0.2, 0.25) is 0 Å². The zero-order valence-corrected chi connectivity index (χ0v) is 14.7. The minimum atomic E-state index is -0.412. The van der Waals surface area contributed by atoms with E-state index in [0.29, 0.717) is 23.3 Å². The molecule has 0 unspecified atom stereocenters. The van der Waals surface area contributed by atoms with Crippen molar-refractivity contribution >= 4 is 11.6 Å². The molecule has 6 nitrogen and oxygen atoms in total. The lowest BCUT2D eigenvalue weighted by Gasteiger charge is -2.09. The Labute approximate surface area is 156 Å². The van der Waals surface area contributed by atoms with E-state index in [1.165, 1.54) is 6.07 Å². The minimum Gasteiger partial charge on any atom is -0.394 e. The molecule has 1 amide bonds. The number of halogens is 1. The summed E-state index contributed by atoms with van der Waals surface area (Å²) in [7, 11) is 0. The van der Waals surface area contributed by atoms with Crippen LogP contribution in [0.15, 0.2) is 53.7 Å². The van der Waals surface area contributed by atoms with Crippen LogP contribution in [-0.4, -0.2) is 29.9 Å². The van der Waals surface area contributed by atoms with Crippen LogP contribution in [0.2, 0.25) is 0 Å². The molecule has 0 aromatic heterocycles. The quantitative estimate of drug-likeness (QED) is 0.698. The first-order valence-corrected chi connectivity index (χ1v) is 8.69. The van der Waals surface area contributed by atoms with Crippen LogP contribution in [-0.2, 0) is 27.5 Å². The predicted octanol–water partition coefficient (Wildman–Crippen LogP) is 2.47. The maximum atomic E-state index is 14.0. The van der Waals surface area contributed by atoms with Gasteiger partial charge in [0, 0.05) is 18.5 Å². The molecule has 1 aliphatic rings. The fourth-order valence-corrected chi connectivity index (χ4v) is 2.71. The van der Waals surface area contributed by atoms with Gasteiger partial charge in [-0.2, -0.15) is 0 Å². The standard InChI is InChI=1S/C20H21FN2O4/c21-17-10-14(6-7-16(17)13-26-9-8-24)12-22-20(25)18-11-19(27-23-18)15-4-2-1-3-5-15/h1-7,10,19,24H,8-9,11-13H2,(H,22,25)/t19-/m0/s1. The van der Waals surface area contributed by atoms with Crippen molar-refractivity contribution in [3.63, 3.8) is 0 Å². The van der Waals surface area contributed by atoms with Gasteiger partial charge in [-0.05, 0) is 17.2 Å². The number of aliphatic hydroxyl groups excluding tert-OH is 1. The van der Waals surface area contributed by atoms with E-state index in [4.69, 9.17) is 14.7 Å². The summed E-state index contributed by atoms with van der Waals surface area (Å²) in [4.78, 5) is 17.6. The number of nitrogens with one attached hydrogen (secondary N) is 1. The van der Waals surface area contributed by atoms with Crippen molar-refractivity contribution in [3.8, 4) is 0 Å². The van der Waals surface area contributed by atoms with Crippen molar-refractivity contribution in [1.29, 1.82) is 0 Å². The fraction of sp³-hybridized carbons (Fsp3) is 0.300. The van der Waals surface area contributed by atoms with Crippen molar-refractivity contribution in [3.05, 3.63) is 71.0 Å². The third-order valence-electron chi connectivity index (χ3n) is 4.17.